The molecule has 204 valence electrons. The van der Waals surface area contributed by atoms with Crippen molar-refractivity contribution in [3.63, 3.8) is 0 Å². The van der Waals surface area contributed by atoms with E-state index in [0.29, 0.717) is 44.5 Å². The number of nitrogens with zero attached hydrogens (tertiary/aromatic N) is 5. The maximum Gasteiger partial charge on any atom is 0.297 e. The molecule has 6 rings (SSSR count). The monoisotopic (exact) mass is 567 g/mol. The van der Waals surface area contributed by atoms with Crippen LogP contribution in [0.5, 0.6) is 0 Å². The average Bonchev–Trinajstić information content (AvgIpc) is 3.67. The number of benzene rings is 3. The number of hydrogen-bond donors (Lipinski definition) is 0. The first-order chi connectivity index (χ1) is 19.9. The lowest BCUT2D eigenvalue weighted by Crippen LogP contribution is -2.20. The third kappa shape index (κ3) is 5.01. The van der Waals surface area contributed by atoms with Crippen LogP contribution >= 0.6 is 11.3 Å². The molecule has 0 saturated heterocycles. The number of rotatable bonds is 6. The minimum Gasteiger partial charge on any atom is -0.455 e. The summed E-state index contributed by atoms with van der Waals surface area (Å²) in [6.45, 7) is 1.82. The number of aromatic nitrogens is 3. The molecule has 0 spiro atoms. The first kappa shape index (κ1) is 26.1. The average molecular weight is 568 g/mol. The Hall–Kier alpha value is -5.09. The Balaban J connectivity index is 1.47. The summed E-state index contributed by atoms with van der Waals surface area (Å²) in [6, 6.07) is 25.1. The summed E-state index contributed by atoms with van der Waals surface area (Å²) in [5, 5.41) is 6.33. The summed E-state index contributed by atoms with van der Waals surface area (Å²) in [4.78, 5) is 18.6. The topological polar surface area (TPSA) is 69.7 Å². The zero-order chi connectivity index (χ0) is 28.5. The van der Waals surface area contributed by atoms with Crippen molar-refractivity contribution in [1.29, 1.82) is 0 Å². The predicted octanol–water partition coefficient (Wildman–Crippen LogP) is 6.67. The van der Waals surface area contributed by atoms with E-state index in [1.54, 1.807) is 64.3 Å². The molecule has 0 atom stereocenters. The molecule has 0 unspecified atom stereocenters. The van der Waals surface area contributed by atoms with Crippen LogP contribution < -0.4 is 10.4 Å². The molecular weight excluding hydrogens is 544 g/mol. The van der Waals surface area contributed by atoms with E-state index in [1.165, 1.54) is 40.4 Å². The van der Waals surface area contributed by atoms with E-state index in [2.05, 4.69) is 5.10 Å². The van der Waals surface area contributed by atoms with Gasteiger partial charge in [0.15, 0.2) is 5.69 Å². The van der Waals surface area contributed by atoms with Crippen LogP contribution in [-0.4, -0.2) is 20.3 Å². The van der Waals surface area contributed by atoms with Crippen LogP contribution in [0.2, 0.25) is 0 Å². The smallest absolute Gasteiger partial charge is 0.297 e. The number of halogens is 2. The highest BCUT2D eigenvalue weighted by atomic mass is 32.1. The zero-order valence-corrected chi connectivity index (χ0v) is 22.8. The van der Waals surface area contributed by atoms with Gasteiger partial charge in [-0.3, -0.25) is 9.48 Å². The first-order valence-corrected chi connectivity index (χ1v) is 13.5. The van der Waals surface area contributed by atoms with Gasteiger partial charge in [-0.2, -0.15) is 5.10 Å². The second-order valence-corrected chi connectivity index (χ2v) is 10.0. The van der Waals surface area contributed by atoms with Crippen molar-refractivity contribution < 1.29 is 13.2 Å². The fourth-order valence-electron chi connectivity index (χ4n) is 4.43. The third-order valence-corrected chi connectivity index (χ3v) is 7.44. The summed E-state index contributed by atoms with van der Waals surface area (Å²) in [7, 11) is 1.80. The van der Waals surface area contributed by atoms with Crippen molar-refractivity contribution in [3.8, 4) is 28.3 Å². The van der Waals surface area contributed by atoms with Crippen molar-refractivity contribution in [2.24, 2.45) is 17.1 Å². The minimum absolute atomic E-state index is 0.249. The number of para-hydroxylation sites is 1. The van der Waals surface area contributed by atoms with Crippen LogP contribution in [0.4, 0.5) is 14.5 Å². The summed E-state index contributed by atoms with van der Waals surface area (Å²) >= 11 is 1.23. The molecule has 3 heterocycles. The van der Waals surface area contributed by atoms with Crippen molar-refractivity contribution in [3.05, 3.63) is 135 Å². The lowest BCUT2D eigenvalue weighted by molar-refractivity contribution is 0.573. The fourth-order valence-corrected chi connectivity index (χ4v) is 5.26. The highest BCUT2D eigenvalue weighted by molar-refractivity contribution is 7.07. The van der Waals surface area contributed by atoms with Gasteiger partial charge in [-0.15, -0.1) is 11.3 Å². The van der Waals surface area contributed by atoms with Crippen molar-refractivity contribution >= 4 is 23.2 Å². The lowest BCUT2D eigenvalue weighted by Gasteiger charge is -2.07. The van der Waals surface area contributed by atoms with E-state index in [1.807, 2.05) is 37.3 Å². The summed E-state index contributed by atoms with van der Waals surface area (Å²) in [6.07, 6.45) is 1.49. The highest BCUT2D eigenvalue weighted by Crippen LogP contribution is 2.25. The van der Waals surface area contributed by atoms with Crippen molar-refractivity contribution in [2.75, 3.05) is 0 Å². The molecule has 3 aromatic carbocycles. The molecule has 0 amide bonds. The van der Waals surface area contributed by atoms with E-state index in [-0.39, 0.29) is 17.1 Å². The molecule has 6 aromatic rings. The molecule has 0 aliphatic carbocycles. The van der Waals surface area contributed by atoms with Gasteiger partial charge in [0, 0.05) is 23.6 Å². The molecule has 0 N–H and O–H groups in total. The zero-order valence-electron chi connectivity index (χ0n) is 22.0. The van der Waals surface area contributed by atoms with Crippen LogP contribution in [0.25, 0.3) is 28.3 Å². The maximum absolute atomic E-state index is 14.9. The van der Waals surface area contributed by atoms with E-state index in [0.717, 1.165) is 0 Å². The van der Waals surface area contributed by atoms with Gasteiger partial charge in [0.2, 0.25) is 4.80 Å². The SMILES string of the molecule is Cc1c(N=c2scc(-c3ccccc3F)n2N=Cc2ccc(-c3ccc(F)cc3)o2)c(=O)n(-c2ccccc2)n1C. The lowest BCUT2D eigenvalue weighted by atomic mass is 10.1. The van der Waals surface area contributed by atoms with E-state index >= 15 is 0 Å². The second kappa shape index (κ2) is 10.8. The number of thiazole rings is 1. The molecule has 3 aromatic heterocycles. The van der Waals surface area contributed by atoms with Gasteiger partial charge in [0.05, 0.1) is 23.3 Å². The standard InChI is InChI=1S/C31H23F2N5O2S/c1-20-29(30(39)38(36(20)2)23-8-4-3-5-9-23)35-31-37(27(19-41-31)25-10-6-7-11-26(25)33)34-18-24-16-17-28(40-24)21-12-14-22(32)15-13-21/h3-19H,1-2H3. The Labute approximate surface area is 237 Å². The first-order valence-electron chi connectivity index (χ1n) is 12.6. The van der Waals surface area contributed by atoms with Crippen LogP contribution in [0.1, 0.15) is 11.5 Å². The number of hydrogen-bond acceptors (Lipinski definition) is 5. The Morgan fingerprint density at radius 3 is 2.39 bits per heavy atom. The molecule has 10 heteroatoms. The Bertz CT molecular complexity index is 2010. The Morgan fingerprint density at radius 2 is 1.63 bits per heavy atom. The van der Waals surface area contributed by atoms with Crippen LogP contribution in [0, 0.1) is 18.6 Å². The molecule has 41 heavy (non-hydrogen) atoms. The van der Waals surface area contributed by atoms with Gasteiger partial charge in [0.25, 0.3) is 5.56 Å². The van der Waals surface area contributed by atoms with Crippen LogP contribution in [0.3, 0.4) is 0 Å². The van der Waals surface area contributed by atoms with Gasteiger partial charge in [-0.05, 0) is 67.6 Å². The quantitative estimate of drug-likeness (QED) is 0.211. The van der Waals surface area contributed by atoms with Crippen LogP contribution in [-0.2, 0) is 7.05 Å². The highest BCUT2D eigenvalue weighted by Gasteiger charge is 2.17. The minimum atomic E-state index is -0.417. The number of furan rings is 1. The summed E-state index contributed by atoms with van der Waals surface area (Å²) < 4.78 is 38.9. The molecule has 0 fully saturated rings. The molecule has 0 aliphatic heterocycles. The van der Waals surface area contributed by atoms with E-state index in [4.69, 9.17) is 9.41 Å². The van der Waals surface area contributed by atoms with Crippen molar-refractivity contribution in [2.45, 2.75) is 6.92 Å². The summed E-state index contributed by atoms with van der Waals surface area (Å²) in [5.74, 6) is 0.218. The van der Waals surface area contributed by atoms with Gasteiger partial charge in [-0.1, -0.05) is 30.3 Å². The van der Waals surface area contributed by atoms with Gasteiger partial charge < -0.3 is 4.42 Å². The second-order valence-electron chi connectivity index (χ2n) is 9.17. The molecule has 0 aliphatic rings. The van der Waals surface area contributed by atoms with Crippen LogP contribution in [0.15, 0.2) is 116 Å². The molecule has 7 nitrogen and oxygen atoms in total. The maximum atomic E-state index is 14.9. The molecule has 0 saturated carbocycles. The van der Waals surface area contributed by atoms with Gasteiger partial charge in [-0.25, -0.2) is 23.1 Å². The Morgan fingerprint density at radius 1 is 0.902 bits per heavy atom. The molecule has 0 bridgehead atoms. The van der Waals surface area contributed by atoms with Gasteiger partial charge in [0.1, 0.15) is 23.2 Å². The van der Waals surface area contributed by atoms with E-state index < -0.39 is 5.82 Å². The summed E-state index contributed by atoms with van der Waals surface area (Å²) in [5.41, 5.74) is 2.84. The van der Waals surface area contributed by atoms with Crippen molar-refractivity contribution in [1.82, 2.24) is 14.0 Å². The molecule has 0 radical (unpaired) electrons. The normalized spacial score (nSPS) is 12.0. The van der Waals surface area contributed by atoms with E-state index in [9.17, 15) is 13.6 Å². The fraction of sp³-hybridized carbons (Fsp3) is 0.0645. The largest absolute Gasteiger partial charge is 0.455 e. The third-order valence-electron chi connectivity index (χ3n) is 6.62. The molecular formula is C31H23F2N5O2S. The predicted molar refractivity (Wildman–Crippen MR) is 156 cm³/mol. The van der Waals surface area contributed by atoms with Gasteiger partial charge >= 0.3 is 0 Å². The Kier molecular flexibility index (Phi) is 6.90.